The third-order valence-electron chi connectivity index (χ3n) is 3.35. The highest BCUT2D eigenvalue weighted by molar-refractivity contribution is 9.10. The summed E-state index contributed by atoms with van der Waals surface area (Å²) in [5, 5.41) is 2.68. The first-order valence-electron chi connectivity index (χ1n) is 7.43. The number of carbonyl (C=O) groups excluding carboxylic acids is 2. The van der Waals surface area contributed by atoms with Crippen molar-refractivity contribution in [3.63, 3.8) is 0 Å². The van der Waals surface area contributed by atoms with E-state index in [0.717, 1.165) is 10.0 Å². The van der Waals surface area contributed by atoms with Crippen molar-refractivity contribution in [2.45, 2.75) is 6.54 Å². The molecule has 1 amide bonds. The van der Waals surface area contributed by atoms with Gasteiger partial charge in [0.05, 0.1) is 19.8 Å². The third kappa shape index (κ3) is 5.49. The van der Waals surface area contributed by atoms with E-state index < -0.39 is 5.97 Å². The lowest BCUT2D eigenvalue weighted by molar-refractivity contribution is -0.124. The van der Waals surface area contributed by atoms with Crippen LogP contribution < -0.4 is 14.8 Å². The van der Waals surface area contributed by atoms with Gasteiger partial charge in [-0.15, -0.1) is 0 Å². The third-order valence-corrected chi connectivity index (χ3v) is 3.88. The Balaban J connectivity index is 1.82. The van der Waals surface area contributed by atoms with Gasteiger partial charge in [0.25, 0.3) is 5.91 Å². The molecule has 2 rings (SSSR count). The maximum absolute atomic E-state index is 11.8. The van der Waals surface area contributed by atoms with E-state index in [9.17, 15) is 9.59 Å². The topological polar surface area (TPSA) is 73.9 Å². The van der Waals surface area contributed by atoms with E-state index >= 15 is 0 Å². The number of methoxy groups -OCH3 is 2. The second-order valence-corrected chi connectivity index (χ2v) is 5.96. The SMILES string of the molecule is COc1ccc(CNC(=O)COC(=O)c2ccc(Br)cc2)cc1OC. The highest BCUT2D eigenvalue weighted by atomic mass is 79.9. The van der Waals surface area contributed by atoms with Gasteiger partial charge in [-0.2, -0.15) is 0 Å². The number of rotatable bonds is 7. The first-order chi connectivity index (χ1) is 12.0. The second kappa shape index (κ2) is 9.08. The molecule has 0 unspecified atom stereocenters. The molecule has 0 aliphatic heterocycles. The van der Waals surface area contributed by atoms with Gasteiger partial charge in [0, 0.05) is 11.0 Å². The number of halogens is 1. The minimum atomic E-state index is -0.547. The number of amides is 1. The van der Waals surface area contributed by atoms with E-state index in [0.29, 0.717) is 17.1 Å². The maximum atomic E-state index is 11.8. The van der Waals surface area contributed by atoms with Crippen LogP contribution in [0.1, 0.15) is 15.9 Å². The largest absolute Gasteiger partial charge is 0.493 e. The Morgan fingerprint density at radius 1 is 1.00 bits per heavy atom. The van der Waals surface area contributed by atoms with Crippen LogP contribution in [0.2, 0.25) is 0 Å². The number of ether oxygens (including phenoxy) is 3. The van der Waals surface area contributed by atoms with Gasteiger partial charge in [-0.1, -0.05) is 22.0 Å². The minimum absolute atomic E-state index is 0.287. The summed E-state index contributed by atoms with van der Waals surface area (Å²) < 4.78 is 16.2. The minimum Gasteiger partial charge on any atom is -0.493 e. The number of esters is 1. The first-order valence-corrected chi connectivity index (χ1v) is 8.23. The summed E-state index contributed by atoms with van der Waals surface area (Å²) in [6.45, 7) is -0.0583. The van der Waals surface area contributed by atoms with E-state index in [2.05, 4.69) is 21.2 Å². The Hall–Kier alpha value is -2.54. The van der Waals surface area contributed by atoms with Gasteiger partial charge in [-0.05, 0) is 42.0 Å². The molecule has 6 nitrogen and oxygen atoms in total. The number of carbonyl (C=O) groups is 2. The van der Waals surface area contributed by atoms with Crippen molar-refractivity contribution >= 4 is 27.8 Å². The lowest BCUT2D eigenvalue weighted by Gasteiger charge is -2.10. The fourth-order valence-corrected chi connectivity index (χ4v) is 2.31. The molecule has 0 atom stereocenters. The van der Waals surface area contributed by atoms with Crippen LogP contribution in [0.5, 0.6) is 11.5 Å². The molecule has 0 saturated carbocycles. The van der Waals surface area contributed by atoms with Crippen LogP contribution >= 0.6 is 15.9 Å². The molecule has 0 radical (unpaired) electrons. The number of hydrogen-bond donors (Lipinski definition) is 1. The summed E-state index contributed by atoms with van der Waals surface area (Å²) in [5.41, 5.74) is 1.22. The Bertz CT molecular complexity index is 746. The van der Waals surface area contributed by atoms with Crippen LogP contribution in [0.3, 0.4) is 0 Å². The molecule has 0 bridgehead atoms. The van der Waals surface area contributed by atoms with Crippen LogP contribution in [0.4, 0.5) is 0 Å². The van der Waals surface area contributed by atoms with Gasteiger partial charge in [-0.3, -0.25) is 4.79 Å². The molecule has 7 heteroatoms. The van der Waals surface area contributed by atoms with E-state index in [1.54, 1.807) is 50.6 Å². The van der Waals surface area contributed by atoms with E-state index in [-0.39, 0.29) is 19.1 Å². The molecule has 2 aromatic rings. The summed E-state index contributed by atoms with van der Waals surface area (Å²) >= 11 is 3.29. The van der Waals surface area contributed by atoms with Gasteiger partial charge in [-0.25, -0.2) is 4.79 Å². The normalized spacial score (nSPS) is 10.0. The first kappa shape index (κ1) is 18.8. The van der Waals surface area contributed by atoms with Gasteiger partial charge >= 0.3 is 5.97 Å². The molecule has 0 aliphatic rings. The van der Waals surface area contributed by atoms with Crippen molar-refractivity contribution in [2.24, 2.45) is 0 Å². The summed E-state index contributed by atoms with van der Waals surface area (Å²) in [7, 11) is 3.10. The van der Waals surface area contributed by atoms with Crippen LogP contribution in [-0.4, -0.2) is 32.7 Å². The van der Waals surface area contributed by atoms with E-state index in [4.69, 9.17) is 14.2 Å². The zero-order valence-electron chi connectivity index (χ0n) is 13.9. The lowest BCUT2D eigenvalue weighted by Crippen LogP contribution is -2.28. The molecule has 1 N–H and O–H groups in total. The zero-order valence-corrected chi connectivity index (χ0v) is 15.5. The Morgan fingerprint density at radius 3 is 2.32 bits per heavy atom. The van der Waals surface area contributed by atoms with Crippen molar-refractivity contribution in [1.82, 2.24) is 5.32 Å². The summed E-state index contributed by atoms with van der Waals surface area (Å²) in [5.74, 6) is 0.255. The highest BCUT2D eigenvalue weighted by Gasteiger charge is 2.10. The molecule has 0 aliphatic carbocycles. The predicted octanol–water partition coefficient (Wildman–Crippen LogP) is 2.94. The molecule has 132 valence electrons. The molecule has 0 spiro atoms. The average Bonchev–Trinajstić information content (AvgIpc) is 2.64. The van der Waals surface area contributed by atoms with Crippen LogP contribution in [0.25, 0.3) is 0 Å². The molecule has 0 heterocycles. The number of benzene rings is 2. The van der Waals surface area contributed by atoms with Gasteiger partial charge in [0.15, 0.2) is 18.1 Å². The lowest BCUT2D eigenvalue weighted by atomic mass is 10.2. The second-order valence-electron chi connectivity index (χ2n) is 5.05. The smallest absolute Gasteiger partial charge is 0.338 e. The summed E-state index contributed by atoms with van der Waals surface area (Å²) in [4.78, 5) is 23.7. The van der Waals surface area contributed by atoms with Crippen LogP contribution in [0, 0.1) is 0 Å². The highest BCUT2D eigenvalue weighted by Crippen LogP contribution is 2.27. The quantitative estimate of drug-likeness (QED) is 0.714. The summed E-state index contributed by atoms with van der Waals surface area (Å²) in [6.07, 6.45) is 0. The Kier molecular flexibility index (Phi) is 6.82. The number of hydrogen-bond acceptors (Lipinski definition) is 5. The molecule has 0 aromatic heterocycles. The molecule has 25 heavy (non-hydrogen) atoms. The van der Waals surface area contributed by atoms with Gasteiger partial charge < -0.3 is 19.5 Å². The zero-order chi connectivity index (χ0) is 18.2. The maximum Gasteiger partial charge on any atom is 0.338 e. The van der Waals surface area contributed by atoms with Crippen molar-refractivity contribution in [2.75, 3.05) is 20.8 Å². The molecule has 0 fully saturated rings. The van der Waals surface area contributed by atoms with E-state index in [1.807, 2.05) is 6.07 Å². The summed E-state index contributed by atoms with van der Waals surface area (Å²) in [6, 6.07) is 12.0. The van der Waals surface area contributed by atoms with Crippen molar-refractivity contribution in [3.05, 3.63) is 58.1 Å². The average molecular weight is 408 g/mol. The fourth-order valence-electron chi connectivity index (χ4n) is 2.04. The number of nitrogens with one attached hydrogen (secondary N) is 1. The molecule has 0 saturated heterocycles. The molecular formula is C18H18BrNO5. The fraction of sp³-hybridized carbons (Fsp3) is 0.222. The Morgan fingerprint density at radius 2 is 1.68 bits per heavy atom. The van der Waals surface area contributed by atoms with Crippen LogP contribution in [-0.2, 0) is 16.1 Å². The molecule has 2 aromatic carbocycles. The van der Waals surface area contributed by atoms with Crippen molar-refractivity contribution in [3.8, 4) is 11.5 Å². The van der Waals surface area contributed by atoms with E-state index in [1.165, 1.54) is 0 Å². The monoisotopic (exact) mass is 407 g/mol. The van der Waals surface area contributed by atoms with Crippen molar-refractivity contribution < 1.29 is 23.8 Å². The standard InChI is InChI=1S/C18H18BrNO5/c1-23-15-8-3-12(9-16(15)24-2)10-20-17(21)11-25-18(22)13-4-6-14(19)7-5-13/h3-9H,10-11H2,1-2H3,(H,20,21). The van der Waals surface area contributed by atoms with Crippen LogP contribution in [0.15, 0.2) is 46.9 Å². The van der Waals surface area contributed by atoms with Gasteiger partial charge in [0.1, 0.15) is 0 Å². The molecular weight excluding hydrogens is 390 g/mol. The van der Waals surface area contributed by atoms with Gasteiger partial charge in [0.2, 0.25) is 0 Å². The van der Waals surface area contributed by atoms with Crippen molar-refractivity contribution in [1.29, 1.82) is 0 Å². The predicted molar refractivity (Wildman–Crippen MR) is 95.8 cm³/mol. The Labute approximate surface area is 154 Å².